The van der Waals surface area contributed by atoms with Crippen LogP contribution in [0.4, 0.5) is 0 Å². The van der Waals surface area contributed by atoms with Gasteiger partial charge in [-0.05, 0) is 56.4 Å². The second kappa shape index (κ2) is 7.70. The van der Waals surface area contributed by atoms with Crippen molar-refractivity contribution in [1.29, 1.82) is 0 Å². The Kier molecular flexibility index (Phi) is 4.74. The monoisotopic (exact) mass is 401 g/mol. The van der Waals surface area contributed by atoms with Gasteiger partial charge >= 0.3 is 0 Å². The van der Waals surface area contributed by atoms with Crippen molar-refractivity contribution < 1.29 is 4.79 Å². The van der Waals surface area contributed by atoms with Crippen LogP contribution in [0.15, 0.2) is 55.5 Å². The van der Waals surface area contributed by atoms with Crippen molar-refractivity contribution in [3.05, 3.63) is 66.8 Å². The largest absolute Gasteiger partial charge is 0.348 e. The molecule has 0 saturated heterocycles. The first-order chi connectivity index (χ1) is 14.7. The van der Waals surface area contributed by atoms with E-state index in [0.29, 0.717) is 11.7 Å². The molecule has 0 aliphatic heterocycles. The number of nitrogens with one attached hydrogen (secondary N) is 1. The zero-order valence-corrected chi connectivity index (χ0v) is 16.8. The number of fused-ring (bicyclic) bond motifs is 1. The highest BCUT2D eigenvalue weighted by molar-refractivity contribution is 5.93. The predicted molar refractivity (Wildman–Crippen MR) is 112 cm³/mol. The van der Waals surface area contributed by atoms with Crippen molar-refractivity contribution in [3.63, 3.8) is 0 Å². The maximum atomic E-state index is 12.7. The number of pyridine rings is 1. The number of amides is 1. The van der Waals surface area contributed by atoms with Gasteiger partial charge in [-0.15, -0.1) is 0 Å². The highest BCUT2D eigenvalue weighted by atomic mass is 16.2. The minimum atomic E-state index is -0.107. The van der Waals surface area contributed by atoms with Crippen molar-refractivity contribution in [2.45, 2.75) is 44.7 Å². The summed E-state index contributed by atoms with van der Waals surface area (Å²) in [6.07, 6.45) is 14.7. The van der Waals surface area contributed by atoms with Crippen molar-refractivity contribution in [3.8, 4) is 11.3 Å². The molecule has 0 atom stereocenters. The van der Waals surface area contributed by atoms with E-state index in [9.17, 15) is 4.79 Å². The Morgan fingerprint density at radius 2 is 2.03 bits per heavy atom. The Labute approximate surface area is 174 Å². The number of aromatic nitrogens is 6. The Hall–Kier alpha value is -3.55. The van der Waals surface area contributed by atoms with Gasteiger partial charge in [-0.3, -0.25) is 9.48 Å². The first kappa shape index (κ1) is 18.5. The second-order valence-corrected chi connectivity index (χ2v) is 7.88. The lowest BCUT2D eigenvalue weighted by atomic mass is 9.91. The van der Waals surface area contributed by atoms with Crippen LogP contribution in [-0.4, -0.2) is 41.1 Å². The predicted octanol–water partition coefficient (Wildman–Crippen LogP) is 3.21. The van der Waals surface area contributed by atoms with Gasteiger partial charge < -0.3 is 9.72 Å². The van der Waals surface area contributed by atoms with Crippen LogP contribution in [0.5, 0.6) is 0 Å². The molecule has 8 nitrogen and oxygen atoms in total. The lowest BCUT2D eigenvalue weighted by molar-refractivity contribution is 0.0917. The average molecular weight is 401 g/mol. The van der Waals surface area contributed by atoms with E-state index in [1.54, 1.807) is 18.7 Å². The summed E-state index contributed by atoms with van der Waals surface area (Å²) in [6.45, 7) is 2.02. The normalized spacial score (nSPS) is 19.1. The van der Waals surface area contributed by atoms with E-state index in [1.165, 1.54) is 0 Å². The van der Waals surface area contributed by atoms with Crippen LogP contribution in [0.3, 0.4) is 0 Å². The number of carbonyl (C=O) groups is 1. The smallest absolute Gasteiger partial charge is 0.271 e. The number of aryl methyl sites for hydroxylation is 1. The second-order valence-electron chi connectivity index (χ2n) is 7.88. The van der Waals surface area contributed by atoms with Crippen LogP contribution in [-0.2, 0) is 0 Å². The Balaban J connectivity index is 1.20. The molecule has 4 aromatic heterocycles. The van der Waals surface area contributed by atoms with E-state index in [-0.39, 0.29) is 11.9 Å². The molecule has 1 saturated carbocycles. The van der Waals surface area contributed by atoms with Gasteiger partial charge in [-0.2, -0.15) is 5.10 Å². The van der Waals surface area contributed by atoms with Gasteiger partial charge in [-0.1, -0.05) is 0 Å². The average Bonchev–Trinajstić information content (AvgIpc) is 3.42. The lowest BCUT2D eigenvalue weighted by Crippen LogP contribution is -2.38. The van der Waals surface area contributed by atoms with Gasteiger partial charge in [0.2, 0.25) is 0 Å². The van der Waals surface area contributed by atoms with Crippen LogP contribution in [0.25, 0.3) is 16.9 Å². The Bertz CT molecular complexity index is 1170. The molecule has 4 heterocycles. The van der Waals surface area contributed by atoms with Gasteiger partial charge in [0, 0.05) is 36.4 Å². The molecular weight excluding hydrogens is 378 g/mol. The maximum absolute atomic E-state index is 12.7. The van der Waals surface area contributed by atoms with Gasteiger partial charge in [0.25, 0.3) is 5.91 Å². The number of carbonyl (C=O) groups excluding carboxylic acids is 1. The quantitative estimate of drug-likeness (QED) is 0.567. The summed E-state index contributed by atoms with van der Waals surface area (Å²) in [5.74, 6) is -0.107. The van der Waals surface area contributed by atoms with Crippen LogP contribution < -0.4 is 5.32 Å². The fraction of sp³-hybridized carbons (Fsp3) is 0.318. The topological polar surface area (TPSA) is 90.0 Å². The summed E-state index contributed by atoms with van der Waals surface area (Å²) in [7, 11) is 0. The number of rotatable bonds is 4. The molecular formula is C22H23N7O. The summed E-state index contributed by atoms with van der Waals surface area (Å²) in [6, 6.07) is 6.36. The molecule has 0 radical (unpaired) electrons. The molecule has 152 valence electrons. The van der Waals surface area contributed by atoms with E-state index in [0.717, 1.165) is 48.2 Å². The van der Waals surface area contributed by atoms with Crippen molar-refractivity contribution >= 4 is 11.6 Å². The zero-order chi connectivity index (χ0) is 20.5. The third-order valence-corrected chi connectivity index (χ3v) is 5.73. The number of hydrogen-bond acceptors (Lipinski definition) is 5. The summed E-state index contributed by atoms with van der Waals surface area (Å²) >= 11 is 0. The van der Waals surface area contributed by atoms with E-state index in [4.69, 9.17) is 0 Å². The molecule has 1 N–H and O–H groups in total. The molecule has 1 fully saturated rings. The summed E-state index contributed by atoms with van der Waals surface area (Å²) in [5.41, 5.74) is 4.25. The summed E-state index contributed by atoms with van der Waals surface area (Å²) in [5, 5.41) is 7.69. The van der Waals surface area contributed by atoms with Gasteiger partial charge in [0.1, 0.15) is 17.7 Å². The summed E-state index contributed by atoms with van der Waals surface area (Å²) in [4.78, 5) is 25.4. The molecule has 1 aliphatic carbocycles. The molecule has 1 aliphatic rings. The van der Waals surface area contributed by atoms with Crippen molar-refractivity contribution in [2.75, 3.05) is 0 Å². The van der Waals surface area contributed by atoms with Crippen LogP contribution in [0.2, 0.25) is 0 Å². The molecule has 0 unspecified atom stereocenters. The lowest BCUT2D eigenvalue weighted by Gasteiger charge is -2.29. The third kappa shape index (κ3) is 3.68. The molecule has 30 heavy (non-hydrogen) atoms. The van der Waals surface area contributed by atoms with E-state index < -0.39 is 0 Å². The first-order valence-corrected chi connectivity index (χ1v) is 10.2. The fourth-order valence-corrected chi connectivity index (χ4v) is 4.07. The summed E-state index contributed by atoms with van der Waals surface area (Å²) < 4.78 is 3.91. The molecule has 5 rings (SSSR count). The van der Waals surface area contributed by atoms with Crippen LogP contribution >= 0.6 is 0 Å². The highest BCUT2D eigenvalue weighted by Gasteiger charge is 2.25. The molecule has 0 bridgehead atoms. The van der Waals surface area contributed by atoms with Gasteiger partial charge in [-0.25, -0.2) is 15.0 Å². The molecule has 1 amide bonds. The van der Waals surface area contributed by atoms with Gasteiger partial charge in [0.05, 0.1) is 17.9 Å². The maximum Gasteiger partial charge on any atom is 0.271 e. The number of nitrogens with zero attached hydrogens (tertiary/aromatic N) is 6. The van der Waals surface area contributed by atoms with E-state index >= 15 is 0 Å². The first-order valence-electron chi connectivity index (χ1n) is 10.2. The van der Waals surface area contributed by atoms with Crippen LogP contribution in [0.1, 0.15) is 47.8 Å². The van der Waals surface area contributed by atoms with Crippen LogP contribution in [0, 0.1) is 6.92 Å². The minimum Gasteiger partial charge on any atom is -0.348 e. The standard InChI is InChI=1S/C22H23N7O/c1-15-7-9-28-13-20(27-21(28)10-15)22(30)26-17-2-4-18(5-3-17)29-12-16(11-25-29)19-6-8-23-14-24-19/h6-14,17-18H,2-5H2,1H3,(H,26,30). The number of imidazole rings is 1. The van der Waals surface area contributed by atoms with E-state index in [1.807, 2.05) is 52.8 Å². The number of hydrogen-bond donors (Lipinski definition) is 1. The molecule has 0 spiro atoms. The Morgan fingerprint density at radius 1 is 1.17 bits per heavy atom. The van der Waals surface area contributed by atoms with E-state index in [2.05, 4.69) is 25.4 Å². The molecule has 8 heteroatoms. The Morgan fingerprint density at radius 3 is 2.83 bits per heavy atom. The zero-order valence-electron chi connectivity index (χ0n) is 16.8. The highest BCUT2D eigenvalue weighted by Crippen LogP contribution is 2.29. The third-order valence-electron chi connectivity index (χ3n) is 5.73. The molecule has 4 aromatic rings. The van der Waals surface area contributed by atoms with Crippen molar-refractivity contribution in [2.24, 2.45) is 0 Å². The van der Waals surface area contributed by atoms with Crippen molar-refractivity contribution in [1.82, 2.24) is 34.4 Å². The fourth-order valence-electron chi connectivity index (χ4n) is 4.07. The SMILES string of the molecule is Cc1ccn2cc(C(=O)NC3CCC(n4cc(-c5ccncn5)cn4)CC3)nc2c1. The minimum absolute atomic E-state index is 0.107. The molecule has 0 aromatic carbocycles. The van der Waals surface area contributed by atoms with Gasteiger partial charge in [0.15, 0.2) is 0 Å².